The Morgan fingerprint density at radius 3 is 2.49 bits per heavy atom. The number of ether oxygens (including phenoxy) is 1. The van der Waals surface area contributed by atoms with Crippen LogP contribution in [0.3, 0.4) is 0 Å². The van der Waals surface area contributed by atoms with Gasteiger partial charge in [-0.25, -0.2) is 4.39 Å². The summed E-state index contributed by atoms with van der Waals surface area (Å²) in [5.41, 5.74) is 1.16. The minimum atomic E-state index is -0.723. The van der Waals surface area contributed by atoms with Crippen molar-refractivity contribution in [3.8, 4) is 0 Å². The summed E-state index contributed by atoms with van der Waals surface area (Å²) in [5, 5.41) is 5.64. The molecule has 4 saturated heterocycles. The van der Waals surface area contributed by atoms with Crippen LogP contribution in [-0.2, 0) is 20.9 Å². The lowest BCUT2D eigenvalue weighted by atomic mass is 10.0. The first-order valence-corrected chi connectivity index (χ1v) is 14.3. The molecule has 5 aliphatic rings. The van der Waals surface area contributed by atoms with E-state index in [1.54, 1.807) is 12.1 Å². The zero-order valence-electron chi connectivity index (χ0n) is 22.9. The number of benzene rings is 1. The first kappa shape index (κ1) is 27.9. The number of halogens is 1. The molecule has 3 amide bonds. The molecule has 10 nitrogen and oxygen atoms in total. The van der Waals surface area contributed by atoms with Crippen molar-refractivity contribution in [1.29, 1.82) is 0 Å². The van der Waals surface area contributed by atoms with E-state index in [4.69, 9.17) is 4.74 Å². The van der Waals surface area contributed by atoms with Gasteiger partial charge in [0.05, 0.1) is 18.8 Å². The van der Waals surface area contributed by atoms with Gasteiger partial charge in [-0.05, 0) is 44.4 Å². The fourth-order valence-corrected chi connectivity index (χ4v) is 6.09. The Bertz CT molecular complexity index is 1030. The molecule has 2 unspecified atom stereocenters. The fourth-order valence-electron chi connectivity index (χ4n) is 6.09. The predicted octanol–water partition coefficient (Wildman–Crippen LogP) is 0.657. The summed E-state index contributed by atoms with van der Waals surface area (Å²) in [5.74, 6) is -0.749. The van der Waals surface area contributed by atoms with Gasteiger partial charge in [-0.3, -0.25) is 19.7 Å². The second kappa shape index (κ2) is 12.7. The molecule has 0 aliphatic carbocycles. The van der Waals surface area contributed by atoms with E-state index in [9.17, 15) is 14.4 Å². The topological polar surface area (TPSA) is 97.5 Å². The first-order chi connectivity index (χ1) is 18.9. The third kappa shape index (κ3) is 6.59. The van der Waals surface area contributed by atoms with Crippen molar-refractivity contribution in [3.63, 3.8) is 0 Å². The summed E-state index contributed by atoms with van der Waals surface area (Å²) in [4.78, 5) is 44.2. The van der Waals surface area contributed by atoms with Crippen LogP contribution in [-0.4, -0.2) is 118 Å². The van der Waals surface area contributed by atoms with Gasteiger partial charge in [0.1, 0.15) is 6.04 Å². The highest BCUT2D eigenvalue weighted by Crippen LogP contribution is 2.34. The Balaban J connectivity index is 0.000000198. The molecule has 6 rings (SSSR count). The largest absolute Gasteiger partial charge is 0.381 e. The number of carbonyl (C=O) groups excluding carboxylic acids is 3. The molecule has 5 heterocycles. The van der Waals surface area contributed by atoms with E-state index >= 15 is 4.39 Å². The molecule has 0 aromatic heterocycles. The fraction of sp³-hybridized carbons (Fsp3) is 0.679. The molecule has 2 atom stereocenters. The number of amides is 3. The van der Waals surface area contributed by atoms with Crippen molar-refractivity contribution in [2.24, 2.45) is 5.92 Å². The molecule has 214 valence electrons. The lowest BCUT2D eigenvalue weighted by Gasteiger charge is -2.34. The van der Waals surface area contributed by atoms with Gasteiger partial charge in [-0.1, -0.05) is 0 Å². The van der Waals surface area contributed by atoms with Crippen molar-refractivity contribution in [2.75, 3.05) is 84.1 Å². The maximum atomic E-state index is 15.1. The number of nitrogens with one attached hydrogen (secondary N) is 2. The van der Waals surface area contributed by atoms with Crippen LogP contribution in [0.4, 0.5) is 10.1 Å². The van der Waals surface area contributed by atoms with Crippen LogP contribution in [0.25, 0.3) is 0 Å². The van der Waals surface area contributed by atoms with Gasteiger partial charge in [-0.15, -0.1) is 0 Å². The average molecular weight is 545 g/mol. The smallest absolute Gasteiger partial charge is 0.255 e. The first-order valence-electron chi connectivity index (χ1n) is 14.3. The molecule has 0 spiro atoms. The van der Waals surface area contributed by atoms with Crippen LogP contribution >= 0.6 is 0 Å². The molecule has 0 saturated carbocycles. The SMILES string of the molecule is C1COCC(CN2CCNCC2)C1.CN1CCN(c2ccc3c(c2F)CN(C2CCC(=O)NC2=O)C3=O)CC1. The Labute approximate surface area is 229 Å². The molecule has 0 bridgehead atoms. The summed E-state index contributed by atoms with van der Waals surface area (Å²) in [6.45, 7) is 11.2. The van der Waals surface area contributed by atoms with E-state index < -0.39 is 11.9 Å². The van der Waals surface area contributed by atoms with Crippen molar-refractivity contribution in [1.82, 2.24) is 25.3 Å². The second-order valence-corrected chi connectivity index (χ2v) is 11.2. The molecule has 39 heavy (non-hydrogen) atoms. The van der Waals surface area contributed by atoms with Crippen molar-refractivity contribution in [2.45, 2.75) is 38.3 Å². The Hall–Kier alpha value is -2.60. The normalized spacial score (nSPS) is 26.7. The highest BCUT2D eigenvalue weighted by molar-refractivity contribution is 6.05. The Morgan fingerprint density at radius 2 is 1.79 bits per heavy atom. The zero-order valence-corrected chi connectivity index (χ0v) is 22.9. The van der Waals surface area contributed by atoms with Crippen LogP contribution in [0.1, 0.15) is 41.6 Å². The summed E-state index contributed by atoms with van der Waals surface area (Å²) in [7, 11) is 2.03. The van der Waals surface area contributed by atoms with E-state index in [1.165, 1.54) is 37.4 Å². The van der Waals surface area contributed by atoms with Gasteiger partial charge in [0.15, 0.2) is 5.82 Å². The lowest BCUT2D eigenvalue weighted by Crippen LogP contribution is -2.52. The molecule has 0 radical (unpaired) electrons. The number of hydrogen-bond donors (Lipinski definition) is 2. The molecule has 11 heteroatoms. The van der Waals surface area contributed by atoms with Crippen LogP contribution in [0.5, 0.6) is 0 Å². The summed E-state index contributed by atoms with van der Waals surface area (Å²) >= 11 is 0. The standard InChI is InChI=1S/C18H21FN4O3.C10H20N2O/c1-21-6-8-22(9-7-21)13-3-2-11-12(16(13)19)10-23(18(11)26)14-4-5-15(24)20-17(14)25;1-2-10(9-13-7-1)8-12-5-3-11-4-6-12/h2-3,14H,4-10H2,1H3,(H,20,24,25);10-11H,1-9H2. The average Bonchev–Trinajstić information content (AvgIpc) is 3.28. The zero-order chi connectivity index (χ0) is 27.4. The lowest BCUT2D eigenvalue weighted by molar-refractivity contribution is -0.136. The van der Waals surface area contributed by atoms with Gasteiger partial charge in [0, 0.05) is 83.1 Å². The summed E-state index contributed by atoms with van der Waals surface area (Å²) < 4.78 is 20.6. The van der Waals surface area contributed by atoms with Crippen LogP contribution in [0.2, 0.25) is 0 Å². The number of fused-ring (bicyclic) bond motifs is 1. The maximum Gasteiger partial charge on any atom is 0.255 e. The number of nitrogens with zero attached hydrogens (tertiary/aromatic N) is 4. The van der Waals surface area contributed by atoms with Crippen LogP contribution in [0.15, 0.2) is 12.1 Å². The number of rotatable bonds is 4. The predicted molar refractivity (Wildman–Crippen MR) is 145 cm³/mol. The molecule has 5 aliphatic heterocycles. The molecular formula is C28H41FN6O4. The number of likely N-dealkylation sites (N-methyl/N-ethyl adjacent to an activating group) is 1. The van der Waals surface area contributed by atoms with E-state index in [0.717, 1.165) is 58.4 Å². The van der Waals surface area contributed by atoms with Gasteiger partial charge in [-0.2, -0.15) is 0 Å². The van der Waals surface area contributed by atoms with Crippen LogP contribution < -0.4 is 15.5 Å². The number of anilines is 1. The molecule has 4 fully saturated rings. The van der Waals surface area contributed by atoms with Crippen LogP contribution in [0, 0.1) is 11.7 Å². The Morgan fingerprint density at radius 1 is 1.03 bits per heavy atom. The number of carbonyl (C=O) groups is 3. The highest BCUT2D eigenvalue weighted by atomic mass is 19.1. The summed E-state index contributed by atoms with van der Waals surface area (Å²) in [6, 6.07) is 2.59. The monoisotopic (exact) mass is 544 g/mol. The van der Waals surface area contributed by atoms with Gasteiger partial charge in [0.25, 0.3) is 5.91 Å². The van der Waals surface area contributed by atoms with Gasteiger partial charge in [0.2, 0.25) is 11.8 Å². The van der Waals surface area contributed by atoms with Crippen molar-refractivity contribution >= 4 is 23.4 Å². The molecular weight excluding hydrogens is 503 g/mol. The van der Waals surface area contributed by atoms with Crippen molar-refractivity contribution < 1.29 is 23.5 Å². The third-order valence-corrected chi connectivity index (χ3v) is 8.45. The molecule has 2 N–H and O–H groups in total. The summed E-state index contributed by atoms with van der Waals surface area (Å²) in [6.07, 6.45) is 3.09. The maximum absolute atomic E-state index is 15.1. The minimum Gasteiger partial charge on any atom is -0.381 e. The second-order valence-electron chi connectivity index (χ2n) is 11.2. The molecule has 1 aromatic carbocycles. The number of imide groups is 1. The van der Waals surface area contributed by atoms with Crippen molar-refractivity contribution in [3.05, 3.63) is 29.1 Å². The molecule has 1 aromatic rings. The number of hydrogen-bond acceptors (Lipinski definition) is 8. The van der Waals surface area contributed by atoms with E-state index in [1.807, 2.05) is 11.9 Å². The number of piperidine rings is 1. The van der Waals surface area contributed by atoms with Gasteiger partial charge >= 0.3 is 0 Å². The van der Waals surface area contributed by atoms with E-state index in [0.29, 0.717) is 16.8 Å². The quantitative estimate of drug-likeness (QED) is 0.534. The minimum absolute atomic E-state index is 0.0634. The number of piperazine rings is 2. The highest BCUT2D eigenvalue weighted by Gasteiger charge is 2.40. The Kier molecular flexibility index (Phi) is 9.11. The van der Waals surface area contributed by atoms with Gasteiger partial charge < -0.3 is 29.7 Å². The third-order valence-electron chi connectivity index (χ3n) is 8.45. The van der Waals surface area contributed by atoms with E-state index in [2.05, 4.69) is 20.4 Å². The van der Waals surface area contributed by atoms with E-state index in [-0.39, 0.29) is 37.0 Å².